The van der Waals surface area contributed by atoms with E-state index in [1.807, 2.05) is 60.7 Å². The zero-order chi connectivity index (χ0) is 22.6. The van der Waals surface area contributed by atoms with Crippen LogP contribution in [0.4, 0.5) is 0 Å². The van der Waals surface area contributed by atoms with E-state index in [2.05, 4.69) is 43.3 Å². The molecule has 0 aliphatic carbocycles. The molecule has 0 aliphatic rings. The molecule has 0 bridgehead atoms. The number of aryl methyl sites for hydroxylation is 1. The highest BCUT2D eigenvalue weighted by molar-refractivity contribution is 7.49. The second-order valence-corrected chi connectivity index (χ2v) is 9.76. The highest BCUT2D eigenvalue weighted by atomic mass is 32.2. The van der Waals surface area contributed by atoms with Crippen molar-refractivity contribution in [2.24, 2.45) is 0 Å². The predicted octanol–water partition coefficient (Wildman–Crippen LogP) is 7.11. The molecule has 4 aromatic carbocycles. The Kier molecular flexibility index (Phi) is 6.09. The summed E-state index contributed by atoms with van der Waals surface area (Å²) in [7, 11) is -0.323. The highest BCUT2D eigenvalue weighted by Crippen LogP contribution is 2.43. The summed E-state index contributed by atoms with van der Waals surface area (Å²) in [6.07, 6.45) is 1.02. The molecule has 33 heavy (non-hydrogen) atoms. The highest BCUT2D eigenvalue weighted by Gasteiger charge is 2.22. The van der Waals surface area contributed by atoms with Crippen LogP contribution in [0.1, 0.15) is 12.5 Å². The van der Waals surface area contributed by atoms with E-state index in [4.69, 9.17) is 9.47 Å². The summed E-state index contributed by atoms with van der Waals surface area (Å²) in [6, 6.07) is 32.3. The Labute approximate surface area is 195 Å². The molecule has 1 heterocycles. The van der Waals surface area contributed by atoms with E-state index < -0.39 is 0 Å². The van der Waals surface area contributed by atoms with Gasteiger partial charge in [-0.1, -0.05) is 43.3 Å². The maximum atomic E-state index is 13.0. The number of fused-ring (bicyclic) bond motifs is 2. The van der Waals surface area contributed by atoms with Crippen LogP contribution in [0.2, 0.25) is 0 Å². The fraction of sp³-hybridized carbons (Fsp3) is 0.138. The summed E-state index contributed by atoms with van der Waals surface area (Å²) in [5, 5.41) is 1.59. The molecule has 164 valence electrons. The number of rotatable bonds is 7. The van der Waals surface area contributed by atoms with Crippen LogP contribution in [-0.2, 0) is 6.42 Å². The van der Waals surface area contributed by atoms with Gasteiger partial charge in [0, 0.05) is 22.6 Å². The summed E-state index contributed by atoms with van der Waals surface area (Å²) < 4.78 is 13.8. The van der Waals surface area contributed by atoms with Gasteiger partial charge in [-0.15, -0.1) is 0 Å². The van der Waals surface area contributed by atoms with E-state index in [1.54, 1.807) is 0 Å². The van der Waals surface area contributed by atoms with Gasteiger partial charge in [0.2, 0.25) is 5.43 Å². The van der Waals surface area contributed by atoms with E-state index in [0.717, 1.165) is 38.1 Å². The molecular formula is C29H25O3S+. The Morgan fingerprint density at radius 1 is 0.636 bits per heavy atom. The minimum absolute atomic E-state index is 0.106. The van der Waals surface area contributed by atoms with E-state index in [1.165, 1.54) is 10.5 Å². The SMILES string of the molecule is CCc1ccc(OCCOc2ccc(-[s+]3c4ccccc4c(=O)c4ccccc43)cc2)cc1. The van der Waals surface area contributed by atoms with Crippen LogP contribution < -0.4 is 14.9 Å². The Bertz CT molecular complexity index is 1390. The summed E-state index contributed by atoms with van der Waals surface area (Å²) in [6.45, 7) is 3.10. The van der Waals surface area contributed by atoms with Crippen molar-refractivity contribution in [3.05, 3.63) is 113 Å². The Morgan fingerprint density at radius 2 is 1.12 bits per heavy atom. The monoisotopic (exact) mass is 453 g/mol. The molecule has 0 atom stereocenters. The first-order chi connectivity index (χ1) is 16.2. The van der Waals surface area contributed by atoms with Gasteiger partial charge in [0.15, 0.2) is 14.3 Å². The number of hydrogen-bond acceptors (Lipinski definition) is 3. The first-order valence-electron chi connectivity index (χ1n) is 11.2. The second-order valence-electron chi connectivity index (χ2n) is 7.79. The van der Waals surface area contributed by atoms with Crippen LogP contribution in [0.25, 0.3) is 25.1 Å². The predicted molar refractivity (Wildman–Crippen MR) is 138 cm³/mol. The quantitative estimate of drug-likeness (QED) is 0.150. The number of hydrogen-bond donors (Lipinski definition) is 0. The molecule has 5 rings (SSSR count). The molecule has 1 aromatic heterocycles. The zero-order valence-corrected chi connectivity index (χ0v) is 19.3. The summed E-state index contributed by atoms with van der Waals surface area (Å²) in [5.74, 6) is 1.67. The first kappa shape index (κ1) is 21.2. The minimum atomic E-state index is -0.323. The van der Waals surface area contributed by atoms with Crippen LogP contribution in [0.15, 0.2) is 102 Å². The topological polar surface area (TPSA) is 35.5 Å². The average molecular weight is 454 g/mol. The molecule has 0 amide bonds. The van der Waals surface area contributed by atoms with Gasteiger partial charge >= 0.3 is 0 Å². The number of benzene rings is 4. The van der Waals surface area contributed by atoms with Crippen LogP contribution in [0.3, 0.4) is 0 Å². The van der Waals surface area contributed by atoms with Crippen LogP contribution in [0.5, 0.6) is 11.5 Å². The molecule has 0 saturated carbocycles. The largest absolute Gasteiger partial charge is 0.490 e. The lowest BCUT2D eigenvalue weighted by molar-refractivity contribution is 0.217. The van der Waals surface area contributed by atoms with E-state index >= 15 is 0 Å². The molecule has 5 aromatic rings. The third-order valence-electron chi connectivity index (χ3n) is 5.72. The lowest BCUT2D eigenvalue weighted by Crippen LogP contribution is -2.08. The van der Waals surface area contributed by atoms with Gasteiger partial charge in [0.25, 0.3) is 0 Å². The van der Waals surface area contributed by atoms with Crippen molar-refractivity contribution in [3.63, 3.8) is 0 Å². The van der Waals surface area contributed by atoms with Crippen molar-refractivity contribution in [3.8, 4) is 16.4 Å². The molecule has 0 N–H and O–H groups in total. The first-order valence-corrected chi connectivity index (χ1v) is 12.4. The van der Waals surface area contributed by atoms with Crippen molar-refractivity contribution in [1.82, 2.24) is 0 Å². The van der Waals surface area contributed by atoms with Gasteiger partial charge in [-0.25, -0.2) is 0 Å². The van der Waals surface area contributed by atoms with Gasteiger partial charge in [0.1, 0.15) is 24.7 Å². The minimum Gasteiger partial charge on any atom is -0.490 e. The zero-order valence-electron chi connectivity index (χ0n) is 18.5. The number of ether oxygens (including phenoxy) is 2. The Morgan fingerprint density at radius 3 is 1.64 bits per heavy atom. The second kappa shape index (κ2) is 9.47. The molecule has 0 fully saturated rings. The van der Waals surface area contributed by atoms with Gasteiger partial charge in [-0.3, -0.25) is 4.79 Å². The smallest absolute Gasteiger partial charge is 0.203 e. The van der Waals surface area contributed by atoms with Crippen LogP contribution in [0, 0.1) is 0 Å². The summed E-state index contributed by atoms with van der Waals surface area (Å²) in [4.78, 5) is 14.2. The maximum absolute atomic E-state index is 13.0. The molecular weight excluding hydrogens is 428 g/mol. The van der Waals surface area contributed by atoms with E-state index in [-0.39, 0.29) is 15.9 Å². The normalized spacial score (nSPS) is 11.1. The molecule has 0 spiro atoms. The fourth-order valence-corrected chi connectivity index (χ4v) is 6.34. The molecule has 4 heteroatoms. The molecule has 0 unspecified atom stereocenters. The lowest BCUT2D eigenvalue weighted by atomic mass is 10.2. The lowest BCUT2D eigenvalue weighted by Gasteiger charge is -2.09. The summed E-state index contributed by atoms with van der Waals surface area (Å²) in [5.41, 5.74) is 1.40. The fourth-order valence-electron chi connectivity index (χ4n) is 3.99. The standard InChI is InChI=1S/C29H25O3S/c1-2-21-11-13-22(14-12-21)31-19-20-32-23-15-17-24(18-16-23)33-27-9-5-3-7-25(27)29(30)26-8-4-6-10-28(26)33/h3-18H,2,19-20H2,1H3/q+1. The average Bonchev–Trinajstić information content (AvgIpc) is 2.88. The third-order valence-corrected chi connectivity index (χ3v) is 8.05. The summed E-state index contributed by atoms with van der Waals surface area (Å²) >= 11 is 0. The van der Waals surface area contributed by atoms with Gasteiger partial charge in [-0.2, -0.15) is 0 Å². The molecule has 0 saturated heterocycles. The third kappa shape index (κ3) is 4.35. The molecule has 3 nitrogen and oxygen atoms in total. The van der Waals surface area contributed by atoms with Gasteiger partial charge in [0.05, 0.1) is 10.8 Å². The van der Waals surface area contributed by atoms with Gasteiger partial charge < -0.3 is 9.47 Å². The molecule has 0 radical (unpaired) electrons. The maximum Gasteiger partial charge on any atom is 0.203 e. The van der Waals surface area contributed by atoms with Crippen molar-refractivity contribution in [1.29, 1.82) is 0 Å². The Hall–Kier alpha value is -3.63. The Balaban J connectivity index is 1.35. The van der Waals surface area contributed by atoms with E-state index in [9.17, 15) is 4.79 Å². The van der Waals surface area contributed by atoms with E-state index in [0.29, 0.717) is 13.2 Å². The van der Waals surface area contributed by atoms with Crippen molar-refractivity contribution >= 4 is 30.6 Å². The van der Waals surface area contributed by atoms with Gasteiger partial charge in [-0.05, 0) is 60.5 Å². The molecule has 0 aliphatic heterocycles. The van der Waals surface area contributed by atoms with Crippen LogP contribution >= 0.6 is 10.5 Å². The van der Waals surface area contributed by atoms with Crippen LogP contribution in [-0.4, -0.2) is 13.2 Å². The van der Waals surface area contributed by atoms with Crippen molar-refractivity contribution in [2.75, 3.05) is 13.2 Å². The van der Waals surface area contributed by atoms with Crippen molar-refractivity contribution < 1.29 is 9.47 Å². The van der Waals surface area contributed by atoms with Crippen molar-refractivity contribution in [2.45, 2.75) is 13.3 Å².